The minimum atomic E-state index is -1.23. The second-order valence-corrected chi connectivity index (χ2v) is 9.18. The lowest BCUT2D eigenvalue weighted by molar-refractivity contribution is -0.143. The molecule has 2 N–H and O–H groups in total. The van der Waals surface area contributed by atoms with Gasteiger partial charge in [0.1, 0.15) is 0 Å². The first kappa shape index (κ1) is 24.5. The second-order valence-electron chi connectivity index (χ2n) is 9.18. The van der Waals surface area contributed by atoms with Crippen molar-refractivity contribution in [2.24, 2.45) is 12.8 Å². The number of allylic oxidation sites excluding steroid dienone is 2. The summed E-state index contributed by atoms with van der Waals surface area (Å²) in [5.74, 6) is -0.112. The number of fused-ring (bicyclic) bond motifs is 1. The third kappa shape index (κ3) is 4.53. The van der Waals surface area contributed by atoms with Crippen LogP contribution in [0.3, 0.4) is 0 Å². The third-order valence-electron chi connectivity index (χ3n) is 6.38. The van der Waals surface area contributed by atoms with Crippen LogP contribution < -0.4 is 21.9 Å². The Kier molecular flexibility index (Phi) is 6.93. The summed E-state index contributed by atoms with van der Waals surface area (Å²) in [5.41, 5.74) is 7.07. The Morgan fingerprint density at radius 3 is 2.60 bits per heavy atom. The number of anilines is 1. The number of piperidine rings is 1. The van der Waals surface area contributed by atoms with Crippen LogP contribution in [0.15, 0.2) is 51.6 Å². The number of nitrogens with two attached hydrogens (primary N) is 1. The number of aromatic nitrogens is 4. The number of nitrogens with zero attached hydrogens (tertiary/aromatic N) is 5. The minimum absolute atomic E-state index is 0.00253. The van der Waals surface area contributed by atoms with Crippen molar-refractivity contribution in [3.63, 3.8) is 0 Å². The standard InChI is InChI=1S/C25H32N6O4/c1-16(2)12-14-30-20-21(27-24(30)29-13-8-11-18(26)15-29)28(3)25(34)31(22(20)32)19(23(33)35-4)17-9-6-5-7-10-17/h5-7,9-10,12,18-19H,8,11,13-15,26H2,1-4H3. The molecule has 2 unspecified atom stereocenters. The van der Waals surface area contributed by atoms with E-state index >= 15 is 0 Å². The van der Waals surface area contributed by atoms with Gasteiger partial charge in [-0.15, -0.1) is 0 Å². The number of benzene rings is 1. The van der Waals surface area contributed by atoms with Crippen molar-refractivity contribution in [3.05, 3.63) is 68.4 Å². The summed E-state index contributed by atoms with van der Waals surface area (Å²) in [7, 11) is 2.80. The molecule has 0 radical (unpaired) electrons. The summed E-state index contributed by atoms with van der Waals surface area (Å²) in [6, 6.07) is 7.45. The van der Waals surface area contributed by atoms with E-state index in [0.717, 1.165) is 29.5 Å². The Morgan fingerprint density at radius 1 is 1.26 bits per heavy atom. The molecule has 3 aromatic rings. The number of carbonyl (C=O) groups is 1. The molecule has 0 amide bonds. The van der Waals surface area contributed by atoms with Crippen molar-refractivity contribution in [3.8, 4) is 0 Å². The Labute approximate surface area is 203 Å². The largest absolute Gasteiger partial charge is 0.467 e. The van der Waals surface area contributed by atoms with Gasteiger partial charge in [0.15, 0.2) is 17.2 Å². The number of imidazole rings is 1. The van der Waals surface area contributed by atoms with Crippen LogP contribution in [0.5, 0.6) is 0 Å². The second kappa shape index (κ2) is 9.91. The van der Waals surface area contributed by atoms with E-state index in [1.54, 1.807) is 37.4 Å². The van der Waals surface area contributed by atoms with Gasteiger partial charge in [-0.1, -0.05) is 42.0 Å². The van der Waals surface area contributed by atoms with Gasteiger partial charge in [0, 0.05) is 32.7 Å². The van der Waals surface area contributed by atoms with Gasteiger partial charge >= 0.3 is 11.7 Å². The molecule has 1 aromatic carbocycles. The molecule has 1 aliphatic rings. The first-order chi connectivity index (χ1) is 16.7. The van der Waals surface area contributed by atoms with Gasteiger partial charge in [-0.25, -0.2) is 14.2 Å². The van der Waals surface area contributed by atoms with Crippen molar-refractivity contribution in [2.75, 3.05) is 25.1 Å². The van der Waals surface area contributed by atoms with Gasteiger partial charge in [-0.2, -0.15) is 4.98 Å². The molecule has 0 spiro atoms. The monoisotopic (exact) mass is 480 g/mol. The Balaban J connectivity index is 2.03. The highest BCUT2D eigenvalue weighted by Crippen LogP contribution is 2.24. The molecule has 0 aliphatic carbocycles. The molecule has 3 heterocycles. The highest BCUT2D eigenvalue weighted by atomic mass is 16.5. The lowest BCUT2D eigenvalue weighted by atomic mass is 10.1. The van der Waals surface area contributed by atoms with Crippen molar-refractivity contribution < 1.29 is 9.53 Å². The van der Waals surface area contributed by atoms with Gasteiger partial charge in [0.25, 0.3) is 5.56 Å². The van der Waals surface area contributed by atoms with Crippen molar-refractivity contribution in [1.82, 2.24) is 18.7 Å². The van der Waals surface area contributed by atoms with Gasteiger partial charge in [0.05, 0.1) is 7.11 Å². The van der Waals surface area contributed by atoms with E-state index in [-0.39, 0.29) is 17.2 Å². The molecule has 4 rings (SSSR count). The fourth-order valence-corrected chi connectivity index (χ4v) is 4.57. The van der Waals surface area contributed by atoms with Crippen LogP contribution in [0.2, 0.25) is 0 Å². The average Bonchev–Trinajstić information content (AvgIpc) is 3.24. The topological polar surface area (TPSA) is 117 Å². The van der Waals surface area contributed by atoms with E-state index < -0.39 is 23.3 Å². The zero-order valence-electron chi connectivity index (χ0n) is 20.6. The molecule has 0 saturated carbocycles. The lowest BCUT2D eigenvalue weighted by Gasteiger charge is -2.31. The molecule has 10 heteroatoms. The molecule has 10 nitrogen and oxygen atoms in total. The molecular formula is C25H32N6O4. The molecule has 1 saturated heterocycles. The first-order valence-corrected chi connectivity index (χ1v) is 11.7. The van der Waals surface area contributed by atoms with E-state index in [9.17, 15) is 14.4 Å². The fourth-order valence-electron chi connectivity index (χ4n) is 4.57. The summed E-state index contributed by atoms with van der Waals surface area (Å²) in [6.45, 7) is 5.71. The SMILES string of the molecule is COC(=O)C(c1ccccc1)n1c(=O)c2c(nc(N3CCCC(N)C3)n2CC=C(C)C)n(C)c1=O. The number of methoxy groups -OCH3 is 1. The zero-order valence-corrected chi connectivity index (χ0v) is 20.6. The quantitative estimate of drug-likeness (QED) is 0.420. The Hall–Kier alpha value is -3.66. The lowest BCUT2D eigenvalue weighted by Crippen LogP contribution is -2.45. The summed E-state index contributed by atoms with van der Waals surface area (Å²) in [4.78, 5) is 47.1. The Bertz CT molecular complexity index is 1380. The first-order valence-electron chi connectivity index (χ1n) is 11.7. The highest BCUT2D eigenvalue weighted by molar-refractivity contribution is 5.79. The van der Waals surface area contributed by atoms with Gasteiger partial charge in [-0.05, 0) is 32.3 Å². The number of hydrogen-bond acceptors (Lipinski definition) is 7. The van der Waals surface area contributed by atoms with Crippen LogP contribution in [-0.2, 0) is 23.1 Å². The summed E-state index contributed by atoms with van der Waals surface area (Å²) >= 11 is 0. The van der Waals surface area contributed by atoms with Crippen LogP contribution in [0, 0.1) is 0 Å². The highest BCUT2D eigenvalue weighted by Gasteiger charge is 2.31. The van der Waals surface area contributed by atoms with Crippen LogP contribution in [0.1, 0.15) is 38.3 Å². The van der Waals surface area contributed by atoms with E-state index in [0.29, 0.717) is 24.6 Å². The number of ether oxygens (including phenoxy) is 1. The number of rotatable bonds is 6. The number of esters is 1. The van der Waals surface area contributed by atoms with Crippen LogP contribution in [0.25, 0.3) is 11.2 Å². The molecule has 186 valence electrons. The Morgan fingerprint density at radius 2 is 1.97 bits per heavy atom. The maximum Gasteiger partial charge on any atom is 0.333 e. The van der Waals surface area contributed by atoms with Crippen LogP contribution >= 0.6 is 0 Å². The van der Waals surface area contributed by atoms with Crippen molar-refractivity contribution in [1.29, 1.82) is 0 Å². The maximum absolute atomic E-state index is 14.0. The van der Waals surface area contributed by atoms with Crippen LogP contribution in [-0.4, -0.2) is 50.9 Å². The van der Waals surface area contributed by atoms with E-state index in [1.807, 2.05) is 24.5 Å². The fraction of sp³-hybridized carbons (Fsp3) is 0.440. The summed E-state index contributed by atoms with van der Waals surface area (Å²) in [5, 5.41) is 0. The molecule has 0 bridgehead atoms. The minimum Gasteiger partial charge on any atom is -0.467 e. The van der Waals surface area contributed by atoms with E-state index in [1.165, 1.54) is 11.7 Å². The number of hydrogen-bond donors (Lipinski definition) is 1. The number of aryl methyl sites for hydroxylation is 1. The smallest absolute Gasteiger partial charge is 0.333 e. The molecule has 1 fully saturated rings. The number of carbonyl (C=O) groups excluding carboxylic acids is 1. The average molecular weight is 481 g/mol. The normalized spacial score (nSPS) is 16.8. The molecule has 1 aliphatic heterocycles. The van der Waals surface area contributed by atoms with Gasteiger partial charge in [0.2, 0.25) is 5.95 Å². The molecule has 2 aromatic heterocycles. The summed E-state index contributed by atoms with van der Waals surface area (Å²) < 4.78 is 9.11. The van der Waals surface area contributed by atoms with Crippen LogP contribution in [0.4, 0.5) is 5.95 Å². The van der Waals surface area contributed by atoms with E-state index in [2.05, 4.69) is 4.90 Å². The molecule has 35 heavy (non-hydrogen) atoms. The third-order valence-corrected chi connectivity index (χ3v) is 6.38. The molecule has 2 atom stereocenters. The summed E-state index contributed by atoms with van der Waals surface area (Å²) in [6.07, 6.45) is 3.83. The van der Waals surface area contributed by atoms with E-state index in [4.69, 9.17) is 15.5 Å². The molecular weight excluding hydrogens is 448 g/mol. The predicted octanol–water partition coefficient (Wildman–Crippen LogP) is 1.55. The maximum atomic E-state index is 14.0. The van der Waals surface area contributed by atoms with Gasteiger partial charge < -0.3 is 19.9 Å². The predicted molar refractivity (Wildman–Crippen MR) is 135 cm³/mol. The zero-order chi connectivity index (χ0) is 25.3. The van der Waals surface area contributed by atoms with Gasteiger partial charge in [-0.3, -0.25) is 9.36 Å². The van der Waals surface area contributed by atoms with Crippen molar-refractivity contribution >= 4 is 23.1 Å². The van der Waals surface area contributed by atoms with Crippen molar-refractivity contribution in [2.45, 2.75) is 45.3 Å².